The summed E-state index contributed by atoms with van der Waals surface area (Å²) in [5, 5.41) is 15.6. The van der Waals surface area contributed by atoms with Gasteiger partial charge in [0, 0.05) is 11.4 Å². The summed E-state index contributed by atoms with van der Waals surface area (Å²) in [7, 11) is 0. The van der Waals surface area contributed by atoms with Crippen LogP contribution in [0, 0.1) is 0 Å². The Labute approximate surface area is 121 Å². The normalized spacial score (nSPS) is 17.4. The molecule has 1 unspecified atom stereocenters. The Morgan fingerprint density at radius 1 is 1.50 bits per heavy atom. The van der Waals surface area contributed by atoms with Crippen LogP contribution in [0.1, 0.15) is 42.7 Å². The summed E-state index contributed by atoms with van der Waals surface area (Å²) < 4.78 is 0. The summed E-state index contributed by atoms with van der Waals surface area (Å²) in [6.07, 6.45) is 3.29. The van der Waals surface area contributed by atoms with Crippen molar-refractivity contribution in [1.29, 1.82) is 0 Å². The van der Waals surface area contributed by atoms with Gasteiger partial charge < -0.3 is 15.7 Å². The van der Waals surface area contributed by atoms with Gasteiger partial charge in [0.05, 0.1) is 12.2 Å². The number of hydrogen-bond acceptors (Lipinski definition) is 5. The summed E-state index contributed by atoms with van der Waals surface area (Å²) >= 11 is 1.46. The van der Waals surface area contributed by atoms with Gasteiger partial charge in [-0.1, -0.05) is 6.92 Å². The first-order valence-corrected chi connectivity index (χ1v) is 7.66. The molecule has 3 N–H and O–H groups in total. The molecule has 1 amide bonds. The summed E-state index contributed by atoms with van der Waals surface area (Å²) in [6, 6.07) is 0. The zero-order valence-corrected chi connectivity index (χ0v) is 12.3. The third-order valence-corrected chi connectivity index (χ3v) is 4.31. The molecule has 0 radical (unpaired) electrons. The van der Waals surface area contributed by atoms with Crippen LogP contribution >= 0.6 is 11.3 Å². The number of nitrogens with one attached hydrogen (secondary N) is 2. The van der Waals surface area contributed by atoms with E-state index in [4.69, 9.17) is 0 Å². The number of carboxylic acids is 1. The number of aliphatic carboxylic acids is 1. The lowest BCUT2D eigenvalue weighted by Gasteiger charge is -2.16. The molecule has 0 saturated carbocycles. The van der Waals surface area contributed by atoms with Crippen LogP contribution in [0.25, 0.3) is 0 Å². The molecule has 6 nitrogen and oxygen atoms in total. The molecule has 0 aliphatic heterocycles. The van der Waals surface area contributed by atoms with E-state index in [-0.39, 0.29) is 12.5 Å². The van der Waals surface area contributed by atoms with Gasteiger partial charge >= 0.3 is 5.97 Å². The number of aromatic nitrogens is 1. The zero-order chi connectivity index (χ0) is 14.5. The zero-order valence-electron chi connectivity index (χ0n) is 11.4. The highest BCUT2D eigenvalue weighted by Gasteiger charge is 2.29. The SMILES string of the molecule is CCCNC(=O)CNc1nc2c(s1)CCCC2C(=O)O. The van der Waals surface area contributed by atoms with E-state index in [2.05, 4.69) is 15.6 Å². The van der Waals surface area contributed by atoms with Crippen LogP contribution in [0.5, 0.6) is 0 Å². The Morgan fingerprint density at radius 2 is 2.30 bits per heavy atom. The predicted octanol–water partition coefficient (Wildman–Crippen LogP) is 1.59. The van der Waals surface area contributed by atoms with Crippen molar-refractivity contribution < 1.29 is 14.7 Å². The van der Waals surface area contributed by atoms with Crippen LogP contribution in [0.15, 0.2) is 0 Å². The number of aryl methyl sites for hydroxylation is 1. The standard InChI is InChI=1S/C13H19N3O3S/c1-2-6-14-10(17)7-15-13-16-11-8(12(18)19)4-3-5-9(11)20-13/h8H,2-7H2,1H3,(H,14,17)(H,15,16)(H,18,19). The minimum Gasteiger partial charge on any atom is -0.481 e. The van der Waals surface area contributed by atoms with E-state index in [1.165, 1.54) is 11.3 Å². The van der Waals surface area contributed by atoms with E-state index in [9.17, 15) is 14.7 Å². The highest BCUT2D eigenvalue weighted by molar-refractivity contribution is 7.15. The largest absolute Gasteiger partial charge is 0.481 e. The van der Waals surface area contributed by atoms with E-state index in [1.54, 1.807) is 0 Å². The van der Waals surface area contributed by atoms with Crippen molar-refractivity contribution in [3.63, 3.8) is 0 Å². The molecule has 1 aliphatic carbocycles. The van der Waals surface area contributed by atoms with Gasteiger partial charge in [0.2, 0.25) is 5.91 Å². The van der Waals surface area contributed by atoms with Crippen molar-refractivity contribution in [1.82, 2.24) is 10.3 Å². The number of anilines is 1. The number of thiazole rings is 1. The fourth-order valence-corrected chi connectivity index (χ4v) is 3.28. The Hall–Kier alpha value is -1.63. The molecular formula is C13H19N3O3S. The fourth-order valence-electron chi connectivity index (χ4n) is 2.22. The second-order valence-corrected chi connectivity index (χ2v) is 5.90. The van der Waals surface area contributed by atoms with Crippen LogP contribution in [-0.2, 0) is 16.0 Å². The van der Waals surface area contributed by atoms with Crippen LogP contribution in [0.2, 0.25) is 0 Å². The van der Waals surface area contributed by atoms with Crippen LogP contribution in [0.4, 0.5) is 5.13 Å². The van der Waals surface area contributed by atoms with Crippen LogP contribution in [0.3, 0.4) is 0 Å². The smallest absolute Gasteiger partial charge is 0.312 e. The second kappa shape index (κ2) is 6.69. The third-order valence-electron chi connectivity index (χ3n) is 3.22. The molecule has 110 valence electrons. The molecule has 0 bridgehead atoms. The molecule has 1 aliphatic rings. The van der Waals surface area contributed by atoms with E-state index in [1.807, 2.05) is 6.92 Å². The second-order valence-electron chi connectivity index (χ2n) is 4.81. The number of nitrogens with zero attached hydrogens (tertiary/aromatic N) is 1. The lowest BCUT2D eigenvalue weighted by molar-refractivity contribution is -0.139. The number of carbonyl (C=O) groups is 2. The number of carbonyl (C=O) groups excluding carboxylic acids is 1. The Morgan fingerprint density at radius 3 is 3.00 bits per heavy atom. The molecule has 20 heavy (non-hydrogen) atoms. The van der Waals surface area contributed by atoms with Gasteiger partial charge in [-0.3, -0.25) is 9.59 Å². The third kappa shape index (κ3) is 3.47. The Bertz CT molecular complexity index is 501. The lowest BCUT2D eigenvalue weighted by atomic mass is 9.91. The van der Waals surface area contributed by atoms with Crippen molar-refractivity contribution in [2.45, 2.75) is 38.5 Å². The van der Waals surface area contributed by atoms with Gasteiger partial charge in [0.1, 0.15) is 5.92 Å². The molecule has 1 heterocycles. The molecule has 7 heteroatoms. The van der Waals surface area contributed by atoms with Gasteiger partial charge in [-0.05, 0) is 25.7 Å². The Balaban J connectivity index is 1.97. The monoisotopic (exact) mass is 297 g/mol. The maximum atomic E-state index is 11.5. The van der Waals surface area contributed by atoms with Crippen molar-refractivity contribution in [2.75, 3.05) is 18.4 Å². The average molecular weight is 297 g/mol. The van der Waals surface area contributed by atoms with Gasteiger partial charge in [0.25, 0.3) is 0 Å². The van der Waals surface area contributed by atoms with E-state index in [0.717, 1.165) is 24.1 Å². The number of rotatable bonds is 6. The fraction of sp³-hybridized carbons (Fsp3) is 0.615. The van der Waals surface area contributed by atoms with Crippen LogP contribution in [-0.4, -0.2) is 35.1 Å². The van der Waals surface area contributed by atoms with Gasteiger partial charge in [-0.2, -0.15) is 0 Å². The molecule has 0 aromatic carbocycles. The highest BCUT2D eigenvalue weighted by Crippen LogP contribution is 2.36. The quantitative estimate of drug-likeness (QED) is 0.741. The van der Waals surface area contributed by atoms with Gasteiger partial charge in [-0.15, -0.1) is 11.3 Å². The number of amides is 1. The minimum absolute atomic E-state index is 0.0743. The predicted molar refractivity (Wildman–Crippen MR) is 77.2 cm³/mol. The van der Waals surface area contributed by atoms with Crippen LogP contribution < -0.4 is 10.6 Å². The maximum absolute atomic E-state index is 11.5. The number of hydrogen-bond donors (Lipinski definition) is 3. The Kier molecular flexibility index (Phi) is 4.94. The molecule has 0 saturated heterocycles. The topological polar surface area (TPSA) is 91.3 Å². The summed E-state index contributed by atoms with van der Waals surface area (Å²) in [4.78, 5) is 28.1. The molecule has 0 fully saturated rings. The first kappa shape index (κ1) is 14.8. The molecule has 2 rings (SSSR count). The van der Waals surface area contributed by atoms with Crippen molar-refractivity contribution in [3.8, 4) is 0 Å². The molecule has 1 aromatic rings. The lowest BCUT2D eigenvalue weighted by Crippen LogP contribution is -2.30. The molecule has 1 atom stereocenters. The first-order chi connectivity index (χ1) is 9.61. The van der Waals surface area contributed by atoms with E-state index >= 15 is 0 Å². The minimum atomic E-state index is -0.816. The number of carboxylic acid groups (broad SMARTS) is 1. The van der Waals surface area contributed by atoms with Crippen molar-refractivity contribution >= 4 is 28.3 Å². The highest BCUT2D eigenvalue weighted by atomic mass is 32.1. The van der Waals surface area contributed by atoms with Gasteiger partial charge in [-0.25, -0.2) is 4.98 Å². The number of fused-ring (bicyclic) bond motifs is 1. The summed E-state index contributed by atoms with van der Waals surface area (Å²) in [6.45, 7) is 2.83. The van der Waals surface area contributed by atoms with Gasteiger partial charge in [0.15, 0.2) is 5.13 Å². The van der Waals surface area contributed by atoms with Crippen molar-refractivity contribution in [3.05, 3.63) is 10.6 Å². The van der Waals surface area contributed by atoms with E-state index in [0.29, 0.717) is 23.8 Å². The molecule has 0 spiro atoms. The maximum Gasteiger partial charge on any atom is 0.312 e. The molecular weight excluding hydrogens is 278 g/mol. The summed E-state index contributed by atoms with van der Waals surface area (Å²) in [5.74, 6) is -1.39. The summed E-state index contributed by atoms with van der Waals surface area (Å²) in [5.41, 5.74) is 0.671. The average Bonchev–Trinajstić information content (AvgIpc) is 2.85. The van der Waals surface area contributed by atoms with Crippen molar-refractivity contribution in [2.24, 2.45) is 0 Å². The molecule has 1 aromatic heterocycles. The van der Waals surface area contributed by atoms with E-state index < -0.39 is 11.9 Å². The first-order valence-electron chi connectivity index (χ1n) is 6.84.